The highest BCUT2D eigenvalue weighted by Crippen LogP contribution is 2.30. The van der Waals surface area contributed by atoms with Crippen LogP contribution in [-0.4, -0.2) is 16.0 Å². The van der Waals surface area contributed by atoms with Crippen molar-refractivity contribution in [1.29, 1.82) is 0 Å². The minimum Gasteiger partial charge on any atom is -0.466 e. The number of halogens is 2. The summed E-state index contributed by atoms with van der Waals surface area (Å²) in [6.07, 6.45) is 0. The van der Waals surface area contributed by atoms with E-state index in [1.54, 1.807) is 19.9 Å². The number of rotatable bonds is 4. The van der Waals surface area contributed by atoms with Crippen LogP contribution in [0.2, 0.25) is 0 Å². The highest BCUT2D eigenvalue weighted by Gasteiger charge is 2.22. The fourth-order valence-electron chi connectivity index (χ4n) is 3.44. The summed E-state index contributed by atoms with van der Waals surface area (Å²) < 4.78 is 37.7. The van der Waals surface area contributed by atoms with E-state index in [9.17, 15) is 13.6 Å². The third-order valence-electron chi connectivity index (χ3n) is 4.97. The van der Waals surface area contributed by atoms with E-state index >= 15 is 0 Å². The average molecular weight is 411 g/mol. The van der Waals surface area contributed by atoms with Crippen LogP contribution in [0.3, 0.4) is 0 Å². The van der Waals surface area contributed by atoms with Gasteiger partial charge in [-0.15, -0.1) is 0 Å². The third kappa shape index (κ3) is 3.45. The number of hydrogen-bond donors (Lipinski definition) is 1. The van der Waals surface area contributed by atoms with Gasteiger partial charge >= 0.3 is 0 Å². The van der Waals surface area contributed by atoms with E-state index in [2.05, 4.69) is 15.5 Å². The first-order chi connectivity index (χ1) is 14.2. The van der Waals surface area contributed by atoms with Gasteiger partial charge in [-0.05, 0) is 57.5 Å². The fraction of sp³-hybridized carbons (Fsp3) is 0.227. The zero-order chi connectivity index (χ0) is 21.6. The number of amides is 1. The molecule has 1 N–H and O–H groups in total. The predicted octanol–water partition coefficient (Wildman–Crippen LogP) is 5.18. The minimum atomic E-state index is -0.970. The molecule has 0 bridgehead atoms. The van der Waals surface area contributed by atoms with Crippen LogP contribution in [0.15, 0.2) is 39.3 Å². The van der Waals surface area contributed by atoms with E-state index in [1.807, 2.05) is 19.9 Å². The molecule has 1 atom stereocenters. The number of hydrogen-bond acceptors (Lipinski definition) is 5. The van der Waals surface area contributed by atoms with Crippen LogP contribution in [0.1, 0.15) is 46.1 Å². The van der Waals surface area contributed by atoms with Gasteiger partial charge in [0.05, 0.1) is 28.4 Å². The molecule has 0 fully saturated rings. The standard InChI is InChI=1S/C22H19F2N3O3/c1-10-7-15(13(4)29-10)19-9-16(20-12(3)27-30-22(20)26-19)21(28)25-11(2)14-5-6-17(23)18(24)8-14/h5-9,11H,1-4H3,(H,25,28). The van der Waals surface area contributed by atoms with Crippen molar-refractivity contribution < 1.29 is 22.5 Å². The van der Waals surface area contributed by atoms with Crippen LogP contribution < -0.4 is 5.32 Å². The van der Waals surface area contributed by atoms with Crippen molar-refractivity contribution in [3.63, 3.8) is 0 Å². The zero-order valence-corrected chi connectivity index (χ0v) is 16.8. The Kier molecular flexibility index (Phi) is 4.85. The summed E-state index contributed by atoms with van der Waals surface area (Å²) in [6.45, 7) is 7.04. The predicted molar refractivity (Wildman–Crippen MR) is 106 cm³/mol. The number of aromatic nitrogens is 2. The van der Waals surface area contributed by atoms with E-state index in [-0.39, 0.29) is 5.71 Å². The topological polar surface area (TPSA) is 81.2 Å². The van der Waals surface area contributed by atoms with Gasteiger partial charge in [0.15, 0.2) is 11.6 Å². The maximum absolute atomic E-state index is 13.6. The normalized spacial score (nSPS) is 12.3. The van der Waals surface area contributed by atoms with Gasteiger partial charge in [0.2, 0.25) is 0 Å². The van der Waals surface area contributed by atoms with Gasteiger partial charge in [0.25, 0.3) is 11.6 Å². The molecule has 1 aromatic carbocycles. The number of aryl methyl sites for hydroxylation is 3. The number of nitrogens with zero attached hydrogens (tertiary/aromatic N) is 2. The molecule has 3 heterocycles. The largest absolute Gasteiger partial charge is 0.466 e. The summed E-state index contributed by atoms with van der Waals surface area (Å²) in [7, 11) is 0. The van der Waals surface area contributed by atoms with Gasteiger partial charge in [-0.3, -0.25) is 4.79 Å². The number of furan rings is 1. The number of benzene rings is 1. The molecule has 0 radical (unpaired) electrons. The first kappa shape index (κ1) is 19.8. The van der Waals surface area contributed by atoms with Crippen molar-refractivity contribution in [2.24, 2.45) is 0 Å². The molecule has 6 nitrogen and oxygen atoms in total. The van der Waals surface area contributed by atoms with Crippen molar-refractivity contribution in [2.75, 3.05) is 0 Å². The van der Waals surface area contributed by atoms with Gasteiger partial charge in [0, 0.05) is 5.56 Å². The smallest absolute Gasteiger partial charge is 0.259 e. The van der Waals surface area contributed by atoms with E-state index in [0.29, 0.717) is 33.7 Å². The van der Waals surface area contributed by atoms with Gasteiger partial charge < -0.3 is 14.3 Å². The molecule has 3 aromatic heterocycles. The molecular formula is C22H19F2N3O3. The van der Waals surface area contributed by atoms with Gasteiger partial charge in [0.1, 0.15) is 11.5 Å². The molecule has 0 aliphatic heterocycles. The summed E-state index contributed by atoms with van der Waals surface area (Å²) in [4.78, 5) is 17.6. The highest BCUT2D eigenvalue weighted by molar-refractivity contribution is 6.07. The maximum Gasteiger partial charge on any atom is 0.259 e. The van der Waals surface area contributed by atoms with Crippen molar-refractivity contribution in [2.45, 2.75) is 33.7 Å². The molecule has 0 saturated carbocycles. The van der Waals surface area contributed by atoms with E-state index in [1.165, 1.54) is 6.07 Å². The summed E-state index contributed by atoms with van der Waals surface area (Å²) in [6, 6.07) is 6.45. The van der Waals surface area contributed by atoms with E-state index < -0.39 is 23.6 Å². The Labute approximate surface area is 170 Å². The van der Waals surface area contributed by atoms with Gasteiger partial charge in [-0.1, -0.05) is 11.2 Å². The summed E-state index contributed by atoms with van der Waals surface area (Å²) in [5.41, 5.74) is 2.77. The first-order valence-corrected chi connectivity index (χ1v) is 9.35. The summed E-state index contributed by atoms with van der Waals surface area (Å²) >= 11 is 0. The van der Waals surface area contributed by atoms with E-state index in [0.717, 1.165) is 23.5 Å². The molecule has 1 amide bonds. The Morgan fingerprint density at radius 1 is 1.10 bits per heavy atom. The van der Waals surface area contributed by atoms with Crippen LogP contribution >= 0.6 is 0 Å². The third-order valence-corrected chi connectivity index (χ3v) is 4.97. The van der Waals surface area contributed by atoms with Crippen molar-refractivity contribution in [1.82, 2.24) is 15.5 Å². The van der Waals surface area contributed by atoms with Crippen LogP contribution in [0, 0.1) is 32.4 Å². The maximum atomic E-state index is 13.6. The lowest BCUT2D eigenvalue weighted by Crippen LogP contribution is -2.27. The zero-order valence-electron chi connectivity index (χ0n) is 16.8. The first-order valence-electron chi connectivity index (χ1n) is 9.35. The van der Waals surface area contributed by atoms with Crippen LogP contribution in [0.4, 0.5) is 8.78 Å². The second kappa shape index (κ2) is 7.37. The second-order valence-corrected chi connectivity index (χ2v) is 7.20. The average Bonchev–Trinajstić information content (AvgIpc) is 3.24. The Balaban J connectivity index is 1.74. The number of nitrogens with one attached hydrogen (secondary N) is 1. The lowest BCUT2D eigenvalue weighted by atomic mass is 10.0. The van der Waals surface area contributed by atoms with Crippen molar-refractivity contribution in [3.8, 4) is 11.3 Å². The molecule has 0 saturated heterocycles. The molecular weight excluding hydrogens is 392 g/mol. The van der Waals surface area contributed by atoms with Gasteiger partial charge in [-0.2, -0.15) is 0 Å². The molecule has 154 valence electrons. The monoisotopic (exact) mass is 411 g/mol. The Hall–Kier alpha value is -3.55. The fourth-order valence-corrected chi connectivity index (χ4v) is 3.44. The lowest BCUT2D eigenvalue weighted by Gasteiger charge is -2.15. The lowest BCUT2D eigenvalue weighted by molar-refractivity contribution is 0.0941. The quantitative estimate of drug-likeness (QED) is 0.501. The highest BCUT2D eigenvalue weighted by atomic mass is 19.2. The van der Waals surface area contributed by atoms with Crippen LogP contribution in [0.5, 0.6) is 0 Å². The molecule has 30 heavy (non-hydrogen) atoms. The number of pyridine rings is 1. The molecule has 1 unspecified atom stereocenters. The Morgan fingerprint density at radius 2 is 1.87 bits per heavy atom. The number of carbonyl (C=O) groups excluding carboxylic acids is 1. The second-order valence-electron chi connectivity index (χ2n) is 7.20. The summed E-state index contributed by atoms with van der Waals surface area (Å²) in [5.74, 6) is -0.940. The molecule has 8 heteroatoms. The van der Waals surface area contributed by atoms with E-state index in [4.69, 9.17) is 8.94 Å². The number of carbonyl (C=O) groups is 1. The molecule has 0 aliphatic carbocycles. The Morgan fingerprint density at radius 3 is 2.53 bits per heavy atom. The van der Waals surface area contributed by atoms with Crippen molar-refractivity contribution in [3.05, 3.63) is 70.3 Å². The molecule has 0 spiro atoms. The minimum absolute atomic E-state index is 0.230. The molecule has 0 aliphatic rings. The van der Waals surface area contributed by atoms with Crippen LogP contribution in [0.25, 0.3) is 22.4 Å². The molecule has 4 rings (SSSR count). The summed E-state index contributed by atoms with van der Waals surface area (Å²) in [5, 5.41) is 7.24. The Bertz CT molecular complexity index is 1280. The SMILES string of the molecule is Cc1cc(-c2cc(C(=O)NC(C)c3ccc(F)c(F)c3)c3c(C)noc3n2)c(C)o1. The van der Waals surface area contributed by atoms with Crippen LogP contribution in [-0.2, 0) is 0 Å². The number of fused-ring (bicyclic) bond motifs is 1. The molecule has 4 aromatic rings. The van der Waals surface area contributed by atoms with Crippen molar-refractivity contribution >= 4 is 17.0 Å². The van der Waals surface area contributed by atoms with Gasteiger partial charge in [-0.25, -0.2) is 13.8 Å².